The van der Waals surface area contributed by atoms with E-state index in [-0.39, 0.29) is 11.9 Å². The molecule has 16 heavy (non-hydrogen) atoms. The van der Waals surface area contributed by atoms with Crippen molar-refractivity contribution in [3.05, 3.63) is 18.2 Å². The molecule has 88 valence electrons. The van der Waals surface area contributed by atoms with E-state index in [1.54, 1.807) is 17.9 Å². The number of imidazole rings is 1. The highest BCUT2D eigenvalue weighted by atomic mass is 16.3. The standard InChI is InChI=1S/C11H17N3O2/c1-14-7-12-6-9(14)11(16)13-8-4-2-3-5-10(8)15/h6-8,10,15H,2-5H2,1H3,(H,13,16)/t8-,10-/m0/s1. The average molecular weight is 223 g/mol. The summed E-state index contributed by atoms with van der Waals surface area (Å²) in [5.41, 5.74) is 0.526. The Morgan fingerprint density at radius 2 is 2.31 bits per heavy atom. The Kier molecular flexibility index (Phi) is 3.24. The molecule has 1 aromatic rings. The molecule has 0 saturated heterocycles. The van der Waals surface area contributed by atoms with Crippen molar-refractivity contribution in [2.24, 2.45) is 7.05 Å². The zero-order valence-corrected chi connectivity index (χ0v) is 9.39. The maximum Gasteiger partial charge on any atom is 0.269 e. The second-order valence-corrected chi connectivity index (χ2v) is 4.32. The topological polar surface area (TPSA) is 67.2 Å². The zero-order chi connectivity index (χ0) is 11.5. The van der Waals surface area contributed by atoms with Crippen molar-refractivity contribution < 1.29 is 9.90 Å². The minimum absolute atomic E-state index is 0.115. The maximum absolute atomic E-state index is 11.9. The lowest BCUT2D eigenvalue weighted by molar-refractivity contribution is 0.0711. The molecule has 0 bridgehead atoms. The number of rotatable bonds is 2. The number of hydrogen-bond acceptors (Lipinski definition) is 3. The second-order valence-electron chi connectivity index (χ2n) is 4.32. The molecule has 2 atom stereocenters. The molecule has 1 fully saturated rings. The summed E-state index contributed by atoms with van der Waals surface area (Å²) >= 11 is 0. The summed E-state index contributed by atoms with van der Waals surface area (Å²) in [4.78, 5) is 15.8. The number of hydrogen-bond donors (Lipinski definition) is 2. The van der Waals surface area contributed by atoms with Crippen molar-refractivity contribution in [1.29, 1.82) is 0 Å². The monoisotopic (exact) mass is 223 g/mol. The van der Waals surface area contributed by atoms with Gasteiger partial charge in [-0.1, -0.05) is 12.8 Å². The normalized spacial score (nSPS) is 25.4. The Morgan fingerprint density at radius 3 is 2.94 bits per heavy atom. The fourth-order valence-electron chi connectivity index (χ4n) is 2.10. The van der Waals surface area contributed by atoms with Crippen molar-refractivity contribution in [3.8, 4) is 0 Å². The van der Waals surface area contributed by atoms with Gasteiger partial charge in [0, 0.05) is 7.05 Å². The quantitative estimate of drug-likeness (QED) is 0.765. The fourth-order valence-corrected chi connectivity index (χ4v) is 2.10. The first kappa shape index (κ1) is 11.1. The van der Waals surface area contributed by atoms with E-state index in [0.29, 0.717) is 5.69 Å². The summed E-state index contributed by atoms with van der Waals surface area (Å²) in [6, 6.07) is -0.115. The number of carbonyl (C=O) groups excluding carboxylic acids is 1. The van der Waals surface area contributed by atoms with E-state index in [9.17, 15) is 9.90 Å². The highest BCUT2D eigenvalue weighted by Crippen LogP contribution is 2.18. The number of aryl methyl sites for hydroxylation is 1. The predicted molar refractivity (Wildman–Crippen MR) is 58.9 cm³/mol. The lowest BCUT2D eigenvalue weighted by Crippen LogP contribution is -2.45. The van der Waals surface area contributed by atoms with Crippen LogP contribution in [0.5, 0.6) is 0 Å². The van der Waals surface area contributed by atoms with Crippen LogP contribution in [0, 0.1) is 0 Å². The highest BCUT2D eigenvalue weighted by molar-refractivity contribution is 5.92. The smallest absolute Gasteiger partial charge is 0.269 e. The molecular weight excluding hydrogens is 206 g/mol. The third-order valence-corrected chi connectivity index (χ3v) is 3.10. The van der Waals surface area contributed by atoms with Crippen LogP contribution in [-0.4, -0.2) is 32.7 Å². The van der Waals surface area contributed by atoms with Crippen LogP contribution in [-0.2, 0) is 7.05 Å². The summed E-state index contributed by atoms with van der Waals surface area (Å²) in [5.74, 6) is -0.161. The second kappa shape index (κ2) is 4.65. The number of carbonyl (C=O) groups is 1. The van der Waals surface area contributed by atoms with Crippen LogP contribution in [0.15, 0.2) is 12.5 Å². The van der Waals surface area contributed by atoms with Gasteiger partial charge in [0.05, 0.1) is 24.7 Å². The van der Waals surface area contributed by atoms with Crippen molar-refractivity contribution in [2.45, 2.75) is 37.8 Å². The Bertz CT molecular complexity index is 375. The summed E-state index contributed by atoms with van der Waals surface area (Å²) in [5, 5.41) is 12.6. The molecule has 0 aromatic carbocycles. The molecule has 0 spiro atoms. The Labute approximate surface area is 94.5 Å². The van der Waals surface area contributed by atoms with Crippen molar-refractivity contribution >= 4 is 5.91 Å². The van der Waals surface area contributed by atoms with Crippen LogP contribution < -0.4 is 5.32 Å². The molecule has 2 N–H and O–H groups in total. The van der Waals surface area contributed by atoms with Crippen LogP contribution in [0.2, 0.25) is 0 Å². The molecule has 2 rings (SSSR count). The molecule has 5 heteroatoms. The van der Waals surface area contributed by atoms with E-state index in [1.807, 2.05) is 0 Å². The van der Waals surface area contributed by atoms with Gasteiger partial charge in [-0.05, 0) is 12.8 Å². The lowest BCUT2D eigenvalue weighted by Gasteiger charge is -2.28. The van der Waals surface area contributed by atoms with E-state index < -0.39 is 6.10 Å². The molecule has 0 radical (unpaired) electrons. The third-order valence-electron chi connectivity index (χ3n) is 3.10. The first-order chi connectivity index (χ1) is 7.68. The van der Waals surface area contributed by atoms with Gasteiger partial charge in [-0.3, -0.25) is 4.79 Å². The van der Waals surface area contributed by atoms with Gasteiger partial charge in [0.2, 0.25) is 0 Å². The number of aliphatic hydroxyl groups excluding tert-OH is 1. The summed E-state index contributed by atoms with van der Waals surface area (Å²) in [7, 11) is 1.78. The molecule has 1 heterocycles. The van der Waals surface area contributed by atoms with Crippen molar-refractivity contribution in [3.63, 3.8) is 0 Å². The third kappa shape index (κ3) is 2.24. The molecule has 1 amide bonds. The minimum Gasteiger partial charge on any atom is -0.391 e. The Balaban J connectivity index is 1.99. The summed E-state index contributed by atoms with van der Waals surface area (Å²) < 4.78 is 1.67. The maximum atomic E-state index is 11.9. The molecule has 0 unspecified atom stereocenters. The van der Waals surface area contributed by atoms with Gasteiger partial charge in [0.1, 0.15) is 5.69 Å². The van der Waals surface area contributed by atoms with Gasteiger partial charge in [0.25, 0.3) is 5.91 Å². The van der Waals surface area contributed by atoms with Gasteiger partial charge in [-0.25, -0.2) is 4.98 Å². The van der Waals surface area contributed by atoms with E-state index in [1.165, 1.54) is 6.20 Å². The molecule has 1 aliphatic rings. The van der Waals surface area contributed by atoms with Crippen LogP contribution >= 0.6 is 0 Å². The molecular formula is C11H17N3O2. The lowest BCUT2D eigenvalue weighted by atomic mass is 9.92. The highest BCUT2D eigenvalue weighted by Gasteiger charge is 2.25. The number of nitrogens with one attached hydrogen (secondary N) is 1. The number of aliphatic hydroxyl groups is 1. The minimum atomic E-state index is -0.411. The molecule has 5 nitrogen and oxygen atoms in total. The average Bonchev–Trinajstić information content (AvgIpc) is 2.68. The molecule has 0 aliphatic heterocycles. The number of nitrogens with zero attached hydrogens (tertiary/aromatic N) is 2. The van der Waals surface area contributed by atoms with Gasteiger partial charge < -0.3 is 15.0 Å². The van der Waals surface area contributed by atoms with E-state index in [4.69, 9.17) is 0 Å². The van der Waals surface area contributed by atoms with Crippen LogP contribution in [0.4, 0.5) is 0 Å². The van der Waals surface area contributed by atoms with E-state index in [2.05, 4.69) is 10.3 Å². The van der Waals surface area contributed by atoms with Crippen LogP contribution in [0.3, 0.4) is 0 Å². The molecule has 1 saturated carbocycles. The predicted octanol–water partition coefficient (Wildman–Crippen LogP) is 0.453. The first-order valence-corrected chi connectivity index (χ1v) is 5.63. The van der Waals surface area contributed by atoms with E-state index in [0.717, 1.165) is 25.7 Å². The van der Waals surface area contributed by atoms with E-state index >= 15 is 0 Å². The van der Waals surface area contributed by atoms with Gasteiger partial charge in [-0.15, -0.1) is 0 Å². The molecule has 1 aromatic heterocycles. The Hall–Kier alpha value is -1.36. The summed E-state index contributed by atoms with van der Waals surface area (Å²) in [6.07, 6.45) is 6.44. The fraction of sp³-hybridized carbons (Fsp3) is 0.636. The van der Waals surface area contributed by atoms with Crippen LogP contribution in [0.25, 0.3) is 0 Å². The van der Waals surface area contributed by atoms with Gasteiger partial charge >= 0.3 is 0 Å². The SMILES string of the molecule is Cn1cncc1C(=O)N[C@H]1CCCC[C@@H]1O. The largest absolute Gasteiger partial charge is 0.391 e. The van der Waals surface area contributed by atoms with Crippen molar-refractivity contribution in [2.75, 3.05) is 0 Å². The zero-order valence-electron chi connectivity index (χ0n) is 9.39. The van der Waals surface area contributed by atoms with Crippen LogP contribution in [0.1, 0.15) is 36.2 Å². The van der Waals surface area contributed by atoms with Crippen molar-refractivity contribution in [1.82, 2.24) is 14.9 Å². The molecule has 1 aliphatic carbocycles. The summed E-state index contributed by atoms with van der Waals surface area (Å²) in [6.45, 7) is 0. The number of amides is 1. The van der Waals surface area contributed by atoms with Gasteiger partial charge in [-0.2, -0.15) is 0 Å². The Morgan fingerprint density at radius 1 is 1.56 bits per heavy atom. The van der Waals surface area contributed by atoms with Gasteiger partial charge in [0.15, 0.2) is 0 Å². The first-order valence-electron chi connectivity index (χ1n) is 5.63. The number of aromatic nitrogens is 2.